The molecule has 1 fully saturated rings. The lowest BCUT2D eigenvalue weighted by atomic mass is 10.1. The molecule has 1 saturated heterocycles. The van der Waals surface area contributed by atoms with E-state index in [1.54, 1.807) is 16.9 Å². The van der Waals surface area contributed by atoms with E-state index in [9.17, 15) is 12.8 Å². The summed E-state index contributed by atoms with van der Waals surface area (Å²) in [6.07, 6.45) is 8.93. The van der Waals surface area contributed by atoms with E-state index in [-0.39, 0.29) is 12.0 Å². The molecule has 25 heavy (non-hydrogen) atoms. The van der Waals surface area contributed by atoms with Gasteiger partial charge >= 0.3 is 0 Å². The van der Waals surface area contributed by atoms with Crippen molar-refractivity contribution in [3.63, 3.8) is 0 Å². The number of nitrogens with one attached hydrogen (secondary N) is 1. The predicted molar refractivity (Wildman–Crippen MR) is 93.9 cm³/mol. The Morgan fingerprint density at radius 1 is 1.32 bits per heavy atom. The number of H-pyrrole nitrogens is 1. The Labute approximate surface area is 145 Å². The van der Waals surface area contributed by atoms with Crippen molar-refractivity contribution in [3.05, 3.63) is 42.6 Å². The van der Waals surface area contributed by atoms with Gasteiger partial charge < -0.3 is 4.98 Å². The third kappa shape index (κ3) is 2.96. The van der Waals surface area contributed by atoms with Crippen molar-refractivity contribution in [1.29, 1.82) is 0 Å². The van der Waals surface area contributed by atoms with E-state index in [0.29, 0.717) is 6.54 Å². The number of aromatic amines is 1. The van der Waals surface area contributed by atoms with E-state index in [1.807, 2.05) is 12.4 Å². The van der Waals surface area contributed by atoms with E-state index in [0.717, 1.165) is 41.3 Å². The third-order valence-corrected chi connectivity index (χ3v) is 5.99. The highest BCUT2D eigenvalue weighted by molar-refractivity contribution is 7.88. The number of sulfonamides is 1. The van der Waals surface area contributed by atoms with Crippen molar-refractivity contribution in [2.45, 2.75) is 25.4 Å². The van der Waals surface area contributed by atoms with Gasteiger partial charge in [-0.2, -0.15) is 9.40 Å². The normalized spacial score (nSPS) is 19.5. The Balaban J connectivity index is 1.71. The smallest absolute Gasteiger partial charge is 0.213 e. The molecule has 6 nitrogen and oxygen atoms in total. The molecule has 1 atom stereocenters. The molecule has 1 aromatic carbocycles. The fourth-order valence-electron chi connectivity index (χ4n) is 3.52. The first kappa shape index (κ1) is 16.3. The molecule has 1 aliphatic heterocycles. The summed E-state index contributed by atoms with van der Waals surface area (Å²) in [6.45, 7) is 0.519. The Kier molecular flexibility index (Phi) is 3.88. The van der Waals surface area contributed by atoms with Gasteiger partial charge in [0.1, 0.15) is 12.0 Å². The van der Waals surface area contributed by atoms with Crippen molar-refractivity contribution in [2.24, 2.45) is 0 Å². The third-order valence-electron chi connectivity index (χ3n) is 4.71. The SMILES string of the molecule is CS(=O)(=O)N1CCCCC1n1cc(-c2c[nH]c3cc(F)ccc23)cn1. The molecule has 1 N–H and O–H groups in total. The van der Waals surface area contributed by atoms with Gasteiger partial charge in [-0.05, 0) is 37.5 Å². The lowest BCUT2D eigenvalue weighted by Gasteiger charge is -2.33. The van der Waals surface area contributed by atoms with Crippen molar-refractivity contribution in [3.8, 4) is 11.1 Å². The number of rotatable bonds is 3. The largest absolute Gasteiger partial charge is 0.360 e. The number of piperidine rings is 1. The van der Waals surface area contributed by atoms with Crippen LogP contribution in [0.15, 0.2) is 36.8 Å². The van der Waals surface area contributed by atoms with Crippen LogP contribution < -0.4 is 0 Å². The summed E-state index contributed by atoms with van der Waals surface area (Å²) in [5.74, 6) is -0.289. The van der Waals surface area contributed by atoms with Gasteiger partial charge in [0.2, 0.25) is 10.0 Å². The molecule has 0 aliphatic carbocycles. The summed E-state index contributed by atoms with van der Waals surface area (Å²) in [7, 11) is -3.28. The fraction of sp³-hybridized carbons (Fsp3) is 0.353. The summed E-state index contributed by atoms with van der Waals surface area (Å²) in [4.78, 5) is 3.07. The Morgan fingerprint density at radius 2 is 2.16 bits per heavy atom. The minimum absolute atomic E-state index is 0.289. The van der Waals surface area contributed by atoms with E-state index in [2.05, 4.69) is 10.1 Å². The fourth-order valence-corrected chi connectivity index (χ4v) is 4.62. The van der Waals surface area contributed by atoms with Gasteiger partial charge in [-0.3, -0.25) is 4.68 Å². The molecule has 0 amide bonds. The lowest BCUT2D eigenvalue weighted by Crippen LogP contribution is -2.40. The van der Waals surface area contributed by atoms with Crippen LogP contribution in [0.5, 0.6) is 0 Å². The Morgan fingerprint density at radius 3 is 2.96 bits per heavy atom. The first-order valence-corrected chi connectivity index (χ1v) is 10.1. The number of halogens is 1. The maximum atomic E-state index is 13.4. The minimum Gasteiger partial charge on any atom is -0.360 e. The summed E-state index contributed by atoms with van der Waals surface area (Å²) in [5.41, 5.74) is 2.51. The maximum absolute atomic E-state index is 13.4. The zero-order chi connectivity index (χ0) is 17.6. The number of aromatic nitrogens is 3. The highest BCUT2D eigenvalue weighted by atomic mass is 32.2. The minimum atomic E-state index is -3.28. The molecule has 2 aromatic heterocycles. The Bertz CT molecular complexity index is 1020. The molecule has 8 heteroatoms. The van der Waals surface area contributed by atoms with Crippen LogP contribution in [-0.4, -0.2) is 40.3 Å². The van der Waals surface area contributed by atoms with Crippen LogP contribution in [0.25, 0.3) is 22.0 Å². The van der Waals surface area contributed by atoms with E-state index >= 15 is 0 Å². The zero-order valence-electron chi connectivity index (χ0n) is 13.8. The molecular formula is C17H19FN4O2S. The molecule has 0 bridgehead atoms. The molecule has 1 unspecified atom stereocenters. The second-order valence-corrected chi connectivity index (χ2v) is 8.39. The van der Waals surface area contributed by atoms with Gasteiger partial charge in [-0.15, -0.1) is 0 Å². The van der Waals surface area contributed by atoms with Crippen LogP contribution in [0.4, 0.5) is 4.39 Å². The van der Waals surface area contributed by atoms with E-state index in [4.69, 9.17) is 0 Å². The first-order chi connectivity index (χ1) is 11.9. The van der Waals surface area contributed by atoms with Gasteiger partial charge in [-0.1, -0.05) is 0 Å². The molecular weight excluding hydrogens is 343 g/mol. The topological polar surface area (TPSA) is 71.0 Å². The van der Waals surface area contributed by atoms with Gasteiger partial charge in [0.15, 0.2) is 0 Å². The first-order valence-electron chi connectivity index (χ1n) is 8.21. The van der Waals surface area contributed by atoms with Gasteiger partial charge in [0.05, 0.1) is 12.5 Å². The summed E-state index contributed by atoms with van der Waals surface area (Å²) >= 11 is 0. The Hall–Kier alpha value is -2.19. The summed E-state index contributed by atoms with van der Waals surface area (Å²) in [5, 5.41) is 5.31. The van der Waals surface area contributed by atoms with Gasteiger partial charge in [0.25, 0.3) is 0 Å². The van der Waals surface area contributed by atoms with Gasteiger partial charge in [0, 0.05) is 41.0 Å². The number of hydrogen-bond acceptors (Lipinski definition) is 3. The van der Waals surface area contributed by atoms with Gasteiger partial charge in [-0.25, -0.2) is 12.8 Å². The van der Waals surface area contributed by atoms with Crippen molar-refractivity contribution in [2.75, 3.05) is 12.8 Å². The average molecular weight is 362 g/mol. The zero-order valence-corrected chi connectivity index (χ0v) is 14.6. The second kappa shape index (κ2) is 5.96. The van der Waals surface area contributed by atoms with Crippen LogP contribution in [0.2, 0.25) is 0 Å². The molecule has 3 aromatic rings. The highest BCUT2D eigenvalue weighted by Gasteiger charge is 2.31. The molecule has 0 saturated carbocycles. The van der Waals surface area contributed by atoms with Crippen LogP contribution in [0, 0.1) is 5.82 Å². The lowest BCUT2D eigenvalue weighted by molar-refractivity contribution is 0.175. The quantitative estimate of drug-likeness (QED) is 0.778. The number of nitrogens with zero attached hydrogens (tertiary/aromatic N) is 3. The average Bonchev–Trinajstić information content (AvgIpc) is 3.20. The van der Waals surface area contributed by atoms with Crippen molar-refractivity contribution >= 4 is 20.9 Å². The van der Waals surface area contributed by atoms with Crippen LogP contribution in [0.3, 0.4) is 0 Å². The van der Waals surface area contributed by atoms with E-state index < -0.39 is 10.0 Å². The molecule has 3 heterocycles. The number of benzene rings is 1. The van der Waals surface area contributed by atoms with Crippen molar-refractivity contribution in [1.82, 2.24) is 19.1 Å². The second-order valence-electron chi connectivity index (χ2n) is 6.45. The molecule has 0 spiro atoms. The predicted octanol–water partition coefficient (Wildman–Crippen LogP) is 3.11. The molecule has 1 aliphatic rings. The molecule has 4 rings (SSSR count). The number of hydrogen-bond donors (Lipinski definition) is 1. The number of fused-ring (bicyclic) bond motifs is 1. The standard InChI is InChI=1S/C17H19FN4O2S/c1-25(23,24)22-7-3-2-4-17(22)21-11-12(9-20-21)15-10-19-16-8-13(18)5-6-14(15)16/h5-6,8-11,17,19H,2-4,7H2,1H3. The van der Waals surface area contributed by atoms with Crippen LogP contribution >= 0.6 is 0 Å². The van der Waals surface area contributed by atoms with E-state index in [1.165, 1.54) is 22.7 Å². The summed E-state index contributed by atoms with van der Waals surface area (Å²) in [6, 6.07) is 4.61. The van der Waals surface area contributed by atoms with Crippen molar-refractivity contribution < 1.29 is 12.8 Å². The van der Waals surface area contributed by atoms with Crippen LogP contribution in [0.1, 0.15) is 25.4 Å². The highest BCUT2D eigenvalue weighted by Crippen LogP contribution is 2.32. The maximum Gasteiger partial charge on any atom is 0.213 e. The van der Waals surface area contributed by atoms with Crippen LogP contribution in [-0.2, 0) is 10.0 Å². The molecule has 0 radical (unpaired) electrons. The monoisotopic (exact) mass is 362 g/mol. The summed E-state index contributed by atoms with van der Waals surface area (Å²) < 4.78 is 40.7. The molecule has 132 valence electrons.